The molecule has 0 saturated carbocycles. The number of carbonyl (C=O) groups is 1. The van der Waals surface area contributed by atoms with E-state index in [9.17, 15) is 4.79 Å². The number of hydrogen-bond donors (Lipinski definition) is 2. The predicted molar refractivity (Wildman–Crippen MR) is 99.0 cm³/mol. The number of morpholine rings is 1. The summed E-state index contributed by atoms with van der Waals surface area (Å²) in [5.41, 5.74) is 0.765. The third-order valence-corrected chi connectivity index (χ3v) is 3.84. The fraction of sp³-hybridized carbons (Fsp3) is 0.733. The lowest BCUT2D eigenvalue weighted by Crippen LogP contribution is -2.50. The molecule has 0 bridgehead atoms. The highest BCUT2D eigenvalue weighted by Crippen LogP contribution is 2.16. The SMILES string of the molecule is CNC(C(=O)NCCN1CCOC(C)(C)C1)c1cnn(C)c1.Cl.Cl. The molecule has 1 aromatic rings. The molecule has 2 rings (SSSR count). The summed E-state index contributed by atoms with van der Waals surface area (Å²) in [7, 11) is 3.62. The minimum atomic E-state index is -0.366. The van der Waals surface area contributed by atoms with E-state index in [1.807, 2.05) is 13.2 Å². The lowest BCUT2D eigenvalue weighted by atomic mass is 10.1. The first-order valence-corrected chi connectivity index (χ1v) is 7.71. The molecule has 1 atom stereocenters. The molecule has 1 aliphatic heterocycles. The van der Waals surface area contributed by atoms with Crippen LogP contribution in [0.1, 0.15) is 25.5 Å². The zero-order chi connectivity index (χ0) is 16.2. The molecule has 0 aromatic carbocycles. The predicted octanol–water partition coefficient (Wildman–Crippen LogP) is 0.751. The van der Waals surface area contributed by atoms with E-state index in [-0.39, 0.29) is 42.4 Å². The Morgan fingerprint density at radius 2 is 2.17 bits per heavy atom. The van der Waals surface area contributed by atoms with Crippen LogP contribution in [0.3, 0.4) is 0 Å². The van der Waals surface area contributed by atoms with E-state index >= 15 is 0 Å². The molecule has 9 heteroatoms. The minimum Gasteiger partial charge on any atom is -0.373 e. The lowest BCUT2D eigenvalue weighted by Gasteiger charge is -2.38. The van der Waals surface area contributed by atoms with Crippen LogP contribution in [0.15, 0.2) is 12.4 Å². The second-order valence-electron chi connectivity index (χ2n) is 6.34. The lowest BCUT2D eigenvalue weighted by molar-refractivity contribution is -0.123. The topological polar surface area (TPSA) is 71.4 Å². The number of rotatable bonds is 6. The van der Waals surface area contributed by atoms with Gasteiger partial charge in [-0.3, -0.25) is 14.4 Å². The fourth-order valence-corrected chi connectivity index (χ4v) is 2.78. The van der Waals surface area contributed by atoms with Crippen LogP contribution >= 0.6 is 24.8 Å². The van der Waals surface area contributed by atoms with E-state index < -0.39 is 0 Å². The van der Waals surface area contributed by atoms with Crippen molar-refractivity contribution in [3.63, 3.8) is 0 Å². The number of amides is 1. The smallest absolute Gasteiger partial charge is 0.241 e. The molecule has 1 amide bonds. The Labute approximate surface area is 156 Å². The zero-order valence-corrected chi connectivity index (χ0v) is 16.4. The summed E-state index contributed by atoms with van der Waals surface area (Å²) in [6.45, 7) is 8.21. The maximum atomic E-state index is 12.3. The number of likely N-dealkylation sites (N-methyl/N-ethyl adjacent to an activating group) is 1. The quantitative estimate of drug-likeness (QED) is 0.760. The van der Waals surface area contributed by atoms with Crippen LogP contribution in [0.2, 0.25) is 0 Å². The van der Waals surface area contributed by atoms with E-state index in [1.54, 1.807) is 17.9 Å². The Hall–Kier alpha value is -0.860. The number of ether oxygens (including phenoxy) is 1. The van der Waals surface area contributed by atoms with Crippen LogP contribution in [-0.4, -0.2) is 66.0 Å². The Morgan fingerprint density at radius 1 is 1.46 bits per heavy atom. The van der Waals surface area contributed by atoms with Crippen molar-refractivity contribution in [1.82, 2.24) is 25.3 Å². The molecule has 1 aliphatic rings. The van der Waals surface area contributed by atoms with Crippen molar-refractivity contribution in [3.8, 4) is 0 Å². The number of carbonyl (C=O) groups excluding carboxylic acids is 1. The van der Waals surface area contributed by atoms with Gasteiger partial charge in [-0.15, -0.1) is 24.8 Å². The van der Waals surface area contributed by atoms with Crippen LogP contribution in [0, 0.1) is 0 Å². The Bertz CT molecular complexity index is 510. The van der Waals surface area contributed by atoms with E-state index in [0.29, 0.717) is 6.54 Å². The molecular weight excluding hydrogens is 353 g/mol. The van der Waals surface area contributed by atoms with Crippen LogP contribution in [-0.2, 0) is 16.6 Å². The molecule has 1 saturated heterocycles. The van der Waals surface area contributed by atoms with Crippen LogP contribution in [0.5, 0.6) is 0 Å². The van der Waals surface area contributed by atoms with Gasteiger partial charge >= 0.3 is 0 Å². The molecule has 1 unspecified atom stereocenters. The van der Waals surface area contributed by atoms with Crippen LogP contribution in [0.25, 0.3) is 0 Å². The normalized spacial score (nSPS) is 18.2. The molecular formula is C15H29Cl2N5O2. The van der Waals surface area contributed by atoms with Crippen molar-refractivity contribution in [3.05, 3.63) is 18.0 Å². The third-order valence-electron chi connectivity index (χ3n) is 3.84. The van der Waals surface area contributed by atoms with Crippen LogP contribution in [0.4, 0.5) is 0 Å². The van der Waals surface area contributed by atoms with E-state index in [0.717, 1.165) is 31.8 Å². The van der Waals surface area contributed by atoms with Gasteiger partial charge in [0.2, 0.25) is 5.91 Å². The van der Waals surface area contributed by atoms with E-state index in [2.05, 4.69) is 34.5 Å². The van der Waals surface area contributed by atoms with Gasteiger partial charge < -0.3 is 15.4 Å². The van der Waals surface area contributed by atoms with Crippen molar-refractivity contribution in [1.29, 1.82) is 0 Å². The number of nitrogens with one attached hydrogen (secondary N) is 2. The van der Waals surface area contributed by atoms with Crippen molar-refractivity contribution in [2.45, 2.75) is 25.5 Å². The zero-order valence-electron chi connectivity index (χ0n) is 14.7. The summed E-state index contributed by atoms with van der Waals surface area (Å²) in [5, 5.41) is 10.1. The molecule has 0 aliphatic carbocycles. The molecule has 140 valence electrons. The van der Waals surface area contributed by atoms with Crippen molar-refractivity contribution in [2.75, 3.05) is 39.8 Å². The third kappa shape index (κ3) is 6.57. The van der Waals surface area contributed by atoms with E-state index in [4.69, 9.17) is 4.74 Å². The minimum absolute atomic E-state index is 0. The molecule has 24 heavy (non-hydrogen) atoms. The largest absolute Gasteiger partial charge is 0.373 e. The number of aryl methyl sites for hydroxylation is 1. The number of aromatic nitrogens is 2. The van der Waals surface area contributed by atoms with Gasteiger partial charge in [0.15, 0.2) is 0 Å². The first-order valence-electron chi connectivity index (χ1n) is 7.71. The molecule has 7 nitrogen and oxygen atoms in total. The molecule has 0 radical (unpaired) electrons. The average molecular weight is 382 g/mol. The van der Waals surface area contributed by atoms with Crippen molar-refractivity contribution < 1.29 is 9.53 Å². The Kier molecular flexibility index (Phi) is 9.84. The Balaban J connectivity index is 0.00000264. The highest BCUT2D eigenvalue weighted by Gasteiger charge is 2.27. The van der Waals surface area contributed by atoms with E-state index in [1.165, 1.54) is 0 Å². The summed E-state index contributed by atoms with van der Waals surface area (Å²) in [6.07, 6.45) is 3.57. The Morgan fingerprint density at radius 3 is 2.71 bits per heavy atom. The molecule has 2 N–H and O–H groups in total. The van der Waals surface area contributed by atoms with Gasteiger partial charge in [-0.05, 0) is 20.9 Å². The van der Waals surface area contributed by atoms with Gasteiger partial charge in [0.25, 0.3) is 0 Å². The highest BCUT2D eigenvalue weighted by atomic mass is 35.5. The summed E-state index contributed by atoms with van der Waals surface area (Å²) in [6, 6.07) is -0.366. The number of halogens is 2. The summed E-state index contributed by atoms with van der Waals surface area (Å²) in [4.78, 5) is 14.6. The maximum Gasteiger partial charge on any atom is 0.241 e. The number of hydrogen-bond acceptors (Lipinski definition) is 5. The molecule has 1 fully saturated rings. The van der Waals surface area contributed by atoms with Gasteiger partial charge in [-0.1, -0.05) is 0 Å². The standard InChI is InChI=1S/C15H27N5O2.2ClH/c1-15(2)11-20(7-8-22-15)6-5-17-14(21)13(16-3)12-9-18-19(4)10-12;;/h9-10,13,16H,5-8,11H2,1-4H3,(H,17,21);2*1H. The van der Waals surface area contributed by atoms with Gasteiger partial charge in [0, 0.05) is 45.0 Å². The monoisotopic (exact) mass is 381 g/mol. The first-order chi connectivity index (χ1) is 10.4. The fourth-order valence-electron chi connectivity index (χ4n) is 2.78. The second kappa shape index (κ2) is 10.2. The first kappa shape index (κ1) is 23.1. The maximum absolute atomic E-state index is 12.3. The summed E-state index contributed by atoms with van der Waals surface area (Å²) in [5.74, 6) is -0.0250. The van der Waals surface area contributed by atoms with Crippen LogP contribution < -0.4 is 10.6 Å². The number of nitrogens with zero attached hydrogens (tertiary/aromatic N) is 3. The molecule has 0 spiro atoms. The van der Waals surface area contributed by atoms with Gasteiger partial charge in [-0.25, -0.2) is 0 Å². The summed E-state index contributed by atoms with van der Waals surface area (Å²) < 4.78 is 7.39. The van der Waals surface area contributed by atoms with Gasteiger partial charge in [0.1, 0.15) is 6.04 Å². The van der Waals surface area contributed by atoms with Crippen molar-refractivity contribution >= 4 is 30.7 Å². The van der Waals surface area contributed by atoms with Gasteiger partial charge in [0.05, 0.1) is 18.4 Å². The highest BCUT2D eigenvalue weighted by molar-refractivity contribution is 5.85. The van der Waals surface area contributed by atoms with Gasteiger partial charge in [-0.2, -0.15) is 5.10 Å². The molecule has 2 heterocycles. The average Bonchev–Trinajstić information content (AvgIpc) is 2.85. The van der Waals surface area contributed by atoms with Crippen molar-refractivity contribution in [2.24, 2.45) is 7.05 Å². The summed E-state index contributed by atoms with van der Waals surface area (Å²) >= 11 is 0. The second-order valence-corrected chi connectivity index (χ2v) is 6.34. The molecule has 1 aromatic heterocycles.